The average Bonchev–Trinajstić information content (AvgIpc) is 3.16. The number of amides is 1. The summed E-state index contributed by atoms with van der Waals surface area (Å²) in [5, 5.41) is 7.24. The van der Waals surface area contributed by atoms with Crippen LogP contribution < -0.4 is 5.32 Å². The van der Waals surface area contributed by atoms with Crippen LogP contribution in [0.3, 0.4) is 0 Å². The zero-order chi connectivity index (χ0) is 21.5. The molecule has 1 saturated carbocycles. The summed E-state index contributed by atoms with van der Waals surface area (Å²) in [6, 6.07) is 6.46. The molecule has 9 heteroatoms. The summed E-state index contributed by atoms with van der Waals surface area (Å²) in [6.07, 6.45) is 0.475. The van der Waals surface area contributed by atoms with Crippen LogP contribution in [0.5, 0.6) is 0 Å². The molecule has 2 atom stereocenters. The molecule has 1 aliphatic carbocycles. The van der Waals surface area contributed by atoms with Crippen molar-refractivity contribution in [3.63, 3.8) is 0 Å². The molecule has 2 aliphatic rings. The van der Waals surface area contributed by atoms with Gasteiger partial charge >= 0.3 is 6.18 Å². The van der Waals surface area contributed by atoms with Crippen molar-refractivity contribution in [2.75, 3.05) is 12.4 Å². The summed E-state index contributed by atoms with van der Waals surface area (Å²) in [5.41, 5.74) is 0.809. The van der Waals surface area contributed by atoms with Gasteiger partial charge in [-0.25, -0.2) is 4.68 Å². The number of halogens is 4. The fourth-order valence-corrected chi connectivity index (χ4v) is 4.67. The molecule has 1 N–H and O–H groups in total. The second kappa shape index (κ2) is 8.24. The minimum absolute atomic E-state index is 0.0521. The lowest BCUT2D eigenvalue weighted by atomic mass is 9.94. The molecule has 1 fully saturated rings. The molecule has 1 aromatic carbocycles. The molecule has 0 spiro atoms. The van der Waals surface area contributed by atoms with E-state index in [9.17, 15) is 18.0 Å². The van der Waals surface area contributed by atoms with Gasteiger partial charge in [0.25, 0.3) is 5.91 Å². The minimum Gasteiger partial charge on any atom is -0.363 e. The fourth-order valence-electron chi connectivity index (χ4n) is 4.41. The van der Waals surface area contributed by atoms with Crippen LogP contribution in [0.15, 0.2) is 34.8 Å². The monoisotopic (exact) mass is 484 g/mol. The summed E-state index contributed by atoms with van der Waals surface area (Å²) in [7, 11) is 1.72. The Labute approximate surface area is 181 Å². The Hall–Kier alpha value is -2.03. The average molecular weight is 485 g/mol. The summed E-state index contributed by atoms with van der Waals surface area (Å²) in [6.45, 7) is 0. The van der Waals surface area contributed by atoms with Gasteiger partial charge in [0.2, 0.25) is 0 Å². The van der Waals surface area contributed by atoms with E-state index in [1.807, 2.05) is 0 Å². The fraction of sp³-hybridized carbons (Fsp3) is 0.524. The first-order chi connectivity index (χ1) is 14.2. The summed E-state index contributed by atoms with van der Waals surface area (Å²) >= 11 is 3.35. The van der Waals surface area contributed by atoms with E-state index in [1.165, 1.54) is 6.07 Å². The standard InChI is InChI=1S/C21H24BrF3N4O/c1-28(15-5-3-2-4-6-15)20(30)17-12-19-26-16(13-7-9-14(22)10-8-13)11-18(21(23,24)25)29(19)27-17/h7-10,12,15-16,18,26H,2-6,11H2,1H3/t16-,18-/m1/s1. The van der Waals surface area contributed by atoms with Crippen molar-refractivity contribution in [3.05, 3.63) is 46.1 Å². The Balaban J connectivity index is 1.62. The zero-order valence-corrected chi connectivity index (χ0v) is 18.2. The molecule has 4 rings (SSSR count). The first-order valence-electron chi connectivity index (χ1n) is 10.2. The van der Waals surface area contributed by atoms with E-state index < -0.39 is 18.3 Å². The van der Waals surface area contributed by atoms with Gasteiger partial charge in [-0.1, -0.05) is 47.3 Å². The quantitative estimate of drug-likeness (QED) is 0.606. The van der Waals surface area contributed by atoms with Gasteiger partial charge in [0.15, 0.2) is 11.7 Å². The number of fused-ring (bicyclic) bond motifs is 1. The molecule has 2 aromatic rings. The van der Waals surface area contributed by atoms with E-state index in [-0.39, 0.29) is 29.9 Å². The highest BCUT2D eigenvalue weighted by atomic mass is 79.9. The van der Waals surface area contributed by atoms with Crippen molar-refractivity contribution in [2.24, 2.45) is 0 Å². The molecule has 1 amide bonds. The minimum atomic E-state index is -4.47. The summed E-state index contributed by atoms with van der Waals surface area (Å²) < 4.78 is 43.3. The van der Waals surface area contributed by atoms with Crippen LogP contribution in [0.2, 0.25) is 0 Å². The Morgan fingerprint density at radius 3 is 2.50 bits per heavy atom. The van der Waals surface area contributed by atoms with E-state index in [1.54, 1.807) is 36.2 Å². The normalized spacial score (nSPS) is 22.3. The number of carbonyl (C=O) groups excluding carboxylic acids is 1. The molecule has 0 bridgehead atoms. The maximum absolute atomic E-state index is 13.8. The Morgan fingerprint density at radius 2 is 1.87 bits per heavy atom. The van der Waals surface area contributed by atoms with Gasteiger partial charge in [-0.2, -0.15) is 18.3 Å². The van der Waals surface area contributed by atoms with Gasteiger partial charge < -0.3 is 10.2 Å². The Kier molecular flexibility index (Phi) is 5.83. The predicted molar refractivity (Wildman–Crippen MR) is 111 cm³/mol. The molecule has 0 unspecified atom stereocenters. The van der Waals surface area contributed by atoms with Crippen molar-refractivity contribution in [2.45, 2.75) is 62.8 Å². The van der Waals surface area contributed by atoms with Crippen molar-refractivity contribution >= 4 is 27.7 Å². The lowest BCUT2D eigenvalue weighted by Gasteiger charge is -2.33. The van der Waals surface area contributed by atoms with Gasteiger partial charge in [0.1, 0.15) is 5.82 Å². The molecular formula is C21H24BrF3N4O. The van der Waals surface area contributed by atoms with Crippen molar-refractivity contribution in [3.8, 4) is 0 Å². The number of hydrogen-bond donors (Lipinski definition) is 1. The van der Waals surface area contributed by atoms with Gasteiger partial charge in [-0.15, -0.1) is 0 Å². The molecule has 0 radical (unpaired) electrons. The summed E-state index contributed by atoms with van der Waals surface area (Å²) in [5.74, 6) is -0.108. The van der Waals surface area contributed by atoms with E-state index >= 15 is 0 Å². The highest BCUT2D eigenvalue weighted by Gasteiger charge is 2.47. The number of carbonyl (C=O) groups is 1. The highest BCUT2D eigenvalue weighted by Crippen LogP contribution is 2.43. The first-order valence-corrected chi connectivity index (χ1v) is 11.0. The number of anilines is 1. The van der Waals surface area contributed by atoms with Crippen LogP contribution in [0.1, 0.15) is 66.7 Å². The van der Waals surface area contributed by atoms with Crippen molar-refractivity contribution in [1.29, 1.82) is 0 Å². The molecule has 1 aliphatic heterocycles. The number of hydrogen-bond acceptors (Lipinski definition) is 3. The lowest BCUT2D eigenvalue weighted by Crippen LogP contribution is -2.38. The Bertz CT molecular complexity index is 906. The van der Waals surface area contributed by atoms with E-state index in [0.717, 1.165) is 46.8 Å². The van der Waals surface area contributed by atoms with E-state index in [4.69, 9.17) is 0 Å². The predicted octanol–water partition coefficient (Wildman–Crippen LogP) is 5.71. The van der Waals surface area contributed by atoms with Crippen LogP contribution >= 0.6 is 15.9 Å². The van der Waals surface area contributed by atoms with Gasteiger partial charge in [-0.3, -0.25) is 4.79 Å². The summed E-state index contributed by atoms with van der Waals surface area (Å²) in [4.78, 5) is 14.6. The first kappa shape index (κ1) is 21.2. The number of nitrogens with zero attached hydrogens (tertiary/aromatic N) is 3. The van der Waals surface area contributed by atoms with E-state index in [0.29, 0.717) is 0 Å². The third-order valence-electron chi connectivity index (χ3n) is 6.12. The largest absolute Gasteiger partial charge is 0.410 e. The Morgan fingerprint density at radius 1 is 1.20 bits per heavy atom. The molecule has 30 heavy (non-hydrogen) atoms. The second-order valence-electron chi connectivity index (χ2n) is 8.11. The zero-order valence-electron chi connectivity index (χ0n) is 16.6. The SMILES string of the molecule is CN(C(=O)c1cc2n(n1)[C@@H](C(F)(F)F)C[C@H](c1ccc(Br)cc1)N2)C1CCCCC1. The van der Waals surface area contributed by atoms with Crippen LogP contribution in [0, 0.1) is 0 Å². The topological polar surface area (TPSA) is 50.2 Å². The van der Waals surface area contributed by atoms with Crippen LogP contribution in [0.4, 0.5) is 19.0 Å². The molecule has 162 valence electrons. The van der Waals surface area contributed by atoms with Crippen LogP contribution in [0.25, 0.3) is 0 Å². The van der Waals surface area contributed by atoms with Crippen LogP contribution in [-0.2, 0) is 0 Å². The highest BCUT2D eigenvalue weighted by molar-refractivity contribution is 9.10. The van der Waals surface area contributed by atoms with Gasteiger partial charge in [0.05, 0.1) is 6.04 Å². The number of aromatic nitrogens is 2. The maximum Gasteiger partial charge on any atom is 0.410 e. The second-order valence-corrected chi connectivity index (χ2v) is 9.02. The number of benzene rings is 1. The van der Waals surface area contributed by atoms with Crippen LogP contribution in [-0.4, -0.2) is 39.9 Å². The number of alkyl halides is 3. The molecule has 2 heterocycles. The molecule has 1 aromatic heterocycles. The number of nitrogens with one attached hydrogen (secondary N) is 1. The van der Waals surface area contributed by atoms with Crippen molar-refractivity contribution < 1.29 is 18.0 Å². The van der Waals surface area contributed by atoms with Crippen molar-refractivity contribution in [1.82, 2.24) is 14.7 Å². The van der Waals surface area contributed by atoms with E-state index in [2.05, 4.69) is 26.3 Å². The third kappa shape index (κ3) is 4.22. The lowest BCUT2D eigenvalue weighted by molar-refractivity contribution is -0.173. The van der Waals surface area contributed by atoms with Gasteiger partial charge in [0, 0.05) is 30.0 Å². The molecule has 0 saturated heterocycles. The third-order valence-corrected chi connectivity index (χ3v) is 6.65. The smallest absolute Gasteiger partial charge is 0.363 e. The maximum atomic E-state index is 13.8. The van der Waals surface area contributed by atoms with Gasteiger partial charge in [-0.05, 0) is 30.5 Å². The molecular weight excluding hydrogens is 461 g/mol. The molecule has 5 nitrogen and oxygen atoms in total. The number of rotatable bonds is 3.